The number of fused-ring (bicyclic) bond motifs is 1. The van der Waals surface area contributed by atoms with Gasteiger partial charge in [0.2, 0.25) is 0 Å². The van der Waals surface area contributed by atoms with E-state index >= 15 is 0 Å². The Morgan fingerprint density at radius 2 is 2.00 bits per heavy atom. The second-order valence-electron chi connectivity index (χ2n) is 5.73. The van der Waals surface area contributed by atoms with Crippen molar-refractivity contribution in [1.29, 1.82) is 0 Å². The maximum Gasteiger partial charge on any atom is 0.339 e. The number of nitrogens with one attached hydrogen (secondary N) is 1. The summed E-state index contributed by atoms with van der Waals surface area (Å²) in [5.74, 6) is -1.20. The average Bonchev–Trinajstić information content (AvgIpc) is 3.10. The van der Waals surface area contributed by atoms with Crippen LogP contribution in [0.5, 0.6) is 5.75 Å². The number of ether oxygens (including phenoxy) is 2. The molecule has 3 rings (SSSR count). The normalized spacial score (nSPS) is 16.9. The Bertz CT molecular complexity index is 752. The Hall–Kier alpha value is -2.60. The first-order valence-electron chi connectivity index (χ1n) is 7.90. The molecule has 24 heavy (non-hydrogen) atoms. The first-order chi connectivity index (χ1) is 11.6. The summed E-state index contributed by atoms with van der Waals surface area (Å²) >= 11 is 0. The van der Waals surface area contributed by atoms with Gasteiger partial charge in [0.25, 0.3) is 5.91 Å². The van der Waals surface area contributed by atoms with Gasteiger partial charge in [-0.1, -0.05) is 24.3 Å². The third-order valence-corrected chi connectivity index (χ3v) is 3.99. The maximum atomic E-state index is 11.9. The first-order valence-corrected chi connectivity index (χ1v) is 7.90. The summed E-state index contributed by atoms with van der Waals surface area (Å²) < 4.78 is 10.9. The Kier molecular flexibility index (Phi) is 4.96. The number of carboxylic acids is 1. The SMILES string of the molecule is O=C(COc1cc2ccccc2cc1C(=O)O)NC[C@@H]1CCCO1. The summed E-state index contributed by atoms with van der Waals surface area (Å²) in [7, 11) is 0. The van der Waals surface area contributed by atoms with E-state index in [1.54, 1.807) is 12.1 Å². The van der Waals surface area contributed by atoms with Crippen molar-refractivity contribution < 1.29 is 24.2 Å². The molecule has 1 fully saturated rings. The summed E-state index contributed by atoms with van der Waals surface area (Å²) in [6.45, 7) is 0.952. The molecule has 2 N–H and O–H groups in total. The van der Waals surface area contributed by atoms with Crippen molar-refractivity contribution in [2.24, 2.45) is 0 Å². The molecule has 1 amide bonds. The second-order valence-corrected chi connectivity index (χ2v) is 5.73. The summed E-state index contributed by atoms with van der Waals surface area (Å²) in [6, 6.07) is 10.6. The van der Waals surface area contributed by atoms with Crippen molar-refractivity contribution in [2.75, 3.05) is 19.8 Å². The standard InChI is InChI=1S/C18H19NO5/c20-17(19-10-14-6-3-7-23-14)11-24-16-9-13-5-2-1-4-12(13)8-15(16)18(21)22/h1-2,4-5,8-9,14H,3,6-7,10-11H2,(H,19,20)(H,21,22)/t14-/m0/s1. The number of hydrogen-bond donors (Lipinski definition) is 2. The number of benzene rings is 2. The van der Waals surface area contributed by atoms with Crippen LogP contribution in [0.3, 0.4) is 0 Å². The second kappa shape index (κ2) is 7.31. The van der Waals surface area contributed by atoms with Crippen LogP contribution in [0.15, 0.2) is 36.4 Å². The quantitative estimate of drug-likeness (QED) is 0.849. The molecular formula is C18H19NO5. The van der Waals surface area contributed by atoms with Gasteiger partial charge in [-0.25, -0.2) is 4.79 Å². The van der Waals surface area contributed by atoms with Crippen molar-refractivity contribution in [3.8, 4) is 5.75 Å². The minimum atomic E-state index is -1.09. The number of carbonyl (C=O) groups is 2. The molecule has 0 saturated carbocycles. The van der Waals surface area contributed by atoms with Crippen molar-refractivity contribution in [3.63, 3.8) is 0 Å². The number of carboxylic acid groups (broad SMARTS) is 1. The highest BCUT2D eigenvalue weighted by molar-refractivity contribution is 5.97. The van der Waals surface area contributed by atoms with E-state index in [1.807, 2.05) is 24.3 Å². The van der Waals surface area contributed by atoms with Crippen molar-refractivity contribution in [3.05, 3.63) is 42.0 Å². The zero-order valence-corrected chi connectivity index (χ0v) is 13.2. The molecular weight excluding hydrogens is 310 g/mol. The van der Waals surface area contributed by atoms with Gasteiger partial charge in [-0.3, -0.25) is 4.79 Å². The van der Waals surface area contributed by atoms with Gasteiger partial charge in [-0.15, -0.1) is 0 Å². The van der Waals surface area contributed by atoms with Gasteiger partial charge in [0.15, 0.2) is 6.61 Å². The molecule has 1 saturated heterocycles. The van der Waals surface area contributed by atoms with E-state index in [0.29, 0.717) is 6.54 Å². The molecule has 6 nitrogen and oxygen atoms in total. The van der Waals surface area contributed by atoms with E-state index in [2.05, 4.69) is 5.32 Å². The lowest BCUT2D eigenvalue weighted by Gasteiger charge is -2.13. The molecule has 2 aromatic rings. The van der Waals surface area contributed by atoms with Crippen molar-refractivity contribution in [2.45, 2.75) is 18.9 Å². The maximum absolute atomic E-state index is 11.9. The van der Waals surface area contributed by atoms with Crippen LogP contribution in [-0.2, 0) is 9.53 Å². The van der Waals surface area contributed by atoms with Gasteiger partial charge in [-0.2, -0.15) is 0 Å². The number of rotatable bonds is 6. The summed E-state index contributed by atoms with van der Waals surface area (Å²) in [4.78, 5) is 23.3. The minimum absolute atomic E-state index is 0.0422. The topological polar surface area (TPSA) is 84.9 Å². The fourth-order valence-corrected chi connectivity index (χ4v) is 2.73. The van der Waals surface area contributed by atoms with Gasteiger partial charge in [-0.05, 0) is 35.7 Å². The molecule has 0 radical (unpaired) electrons. The monoisotopic (exact) mass is 329 g/mol. The highest BCUT2D eigenvalue weighted by Gasteiger charge is 2.17. The van der Waals surface area contributed by atoms with Gasteiger partial charge >= 0.3 is 5.97 Å². The smallest absolute Gasteiger partial charge is 0.339 e. The van der Waals surface area contributed by atoms with Gasteiger partial charge in [0, 0.05) is 13.2 Å². The van der Waals surface area contributed by atoms with Crippen LogP contribution in [-0.4, -0.2) is 42.8 Å². The number of carbonyl (C=O) groups excluding carboxylic acids is 1. The highest BCUT2D eigenvalue weighted by Crippen LogP contribution is 2.26. The molecule has 6 heteroatoms. The van der Waals surface area contributed by atoms with E-state index in [9.17, 15) is 14.7 Å². The fraction of sp³-hybridized carbons (Fsp3) is 0.333. The first kappa shape index (κ1) is 16.3. The van der Waals surface area contributed by atoms with E-state index in [-0.39, 0.29) is 29.9 Å². The molecule has 0 aromatic heterocycles. The van der Waals surface area contributed by atoms with Gasteiger partial charge < -0.3 is 19.9 Å². The van der Waals surface area contributed by atoms with Crippen LogP contribution in [0.25, 0.3) is 10.8 Å². The third kappa shape index (κ3) is 3.83. The largest absolute Gasteiger partial charge is 0.483 e. The zero-order chi connectivity index (χ0) is 16.9. The van der Waals surface area contributed by atoms with E-state index in [4.69, 9.17) is 9.47 Å². The molecule has 2 aromatic carbocycles. The Morgan fingerprint density at radius 3 is 2.67 bits per heavy atom. The van der Waals surface area contributed by atoms with E-state index in [1.165, 1.54) is 0 Å². The number of amides is 1. The van der Waals surface area contributed by atoms with Crippen LogP contribution >= 0.6 is 0 Å². The summed E-state index contributed by atoms with van der Waals surface area (Å²) in [5, 5.41) is 13.8. The van der Waals surface area contributed by atoms with Gasteiger partial charge in [0.05, 0.1) is 6.10 Å². The predicted molar refractivity (Wildman–Crippen MR) is 88.4 cm³/mol. The Balaban J connectivity index is 1.65. The van der Waals surface area contributed by atoms with Crippen LogP contribution in [0.1, 0.15) is 23.2 Å². The van der Waals surface area contributed by atoms with Crippen LogP contribution in [0.4, 0.5) is 0 Å². The van der Waals surface area contributed by atoms with Crippen LogP contribution in [0.2, 0.25) is 0 Å². The molecule has 1 atom stereocenters. The number of hydrogen-bond acceptors (Lipinski definition) is 4. The third-order valence-electron chi connectivity index (χ3n) is 3.99. The molecule has 0 spiro atoms. The predicted octanol–water partition coefficient (Wildman–Crippen LogP) is 2.21. The molecule has 126 valence electrons. The highest BCUT2D eigenvalue weighted by atomic mass is 16.5. The minimum Gasteiger partial charge on any atom is -0.483 e. The van der Waals surface area contributed by atoms with Crippen LogP contribution < -0.4 is 10.1 Å². The van der Waals surface area contributed by atoms with E-state index in [0.717, 1.165) is 30.2 Å². The lowest BCUT2D eigenvalue weighted by molar-refractivity contribution is -0.123. The number of aromatic carboxylic acids is 1. The molecule has 1 aliphatic heterocycles. The lowest BCUT2D eigenvalue weighted by atomic mass is 10.1. The fourth-order valence-electron chi connectivity index (χ4n) is 2.73. The summed E-state index contributed by atoms with van der Waals surface area (Å²) in [6.07, 6.45) is 2.01. The molecule has 0 aliphatic carbocycles. The van der Waals surface area contributed by atoms with E-state index < -0.39 is 5.97 Å². The average molecular weight is 329 g/mol. The molecule has 1 heterocycles. The van der Waals surface area contributed by atoms with Crippen molar-refractivity contribution in [1.82, 2.24) is 5.32 Å². The molecule has 0 bridgehead atoms. The zero-order valence-electron chi connectivity index (χ0n) is 13.2. The van der Waals surface area contributed by atoms with Crippen LogP contribution in [0, 0.1) is 0 Å². The van der Waals surface area contributed by atoms with Gasteiger partial charge in [0.1, 0.15) is 11.3 Å². The van der Waals surface area contributed by atoms with Crippen molar-refractivity contribution >= 4 is 22.6 Å². The molecule has 0 unspecified atom stereocenters. The Labute approximate surface area is 139 Å². The molecule has 1 aliphatic rings. The lowest BCUT2D eigenvalue weighted by Crippen LogP contribution is -2.35. The Morgan fingerprint density at radius 1 is 1.25 bits per heavy atom. The summed E-state index contributed by atoms with van der Waals surface area (Å²) in [5.41, 5.74) is 0.0422.